The molecule has 0 saturated heterocycles. The highest BCUT2D eigenvalue weighted by Crippen LogP contribution is 2.08. The van der Waals surface area contributed by atoms with Crippen LogP contribution in [0, 0.1) is 0 Å². The van der Waals surface area contributed by atoms with E-state index in [4.69, 9.17) is 0 Å². The smallest absolute Gasteiger partial charge is 0.239 e. The molecule has 0 atom stereocenters. The molecule has 0 radical (unpaired) electrons. The zero-order chi connectivity index (χ0) is 17.3. The third kappa shape index (κ3) is 15.1. The van der Waals surface area contributed by atoms with Crippen LogP contribution in [0.25, 0.3) is 0 Å². The summed E-state index contributed by atoms with van der Waals surface area (Å²) in [5, 5.41) is 8.12. The summed E-state index contributed by atoms with van der Waals surface area (Å²) < 4.78 is 0. The number of likely N-dealkylation sites (N-methyl/N-ethyl adjacent to an activating group) is 1. The van der Waals surface area contributed by atoms with Crippen molar-refractivity contribution in [2.45, 2.75) is 71.6 Å². The third-order valence-corrected chi connectivity index (χ3v) is 3.45. The minimum atomic E-state index is -0.149. The van der Waals surface area contributed by atoms with Crippen molar-refractivity contribution >= 4 is 17.7 Å². The standard InChI is InChI=1S/C17H33N3O3/c1-3-13-19-15(21)11-9-7-5-6-8-10-12-16(22)20-14-17(23)18-4-2/h3-14H2,1-2H3,(H,18,23)(H,19,21)(H,20,22). The van der Waals surface area contributed by atoms with Gasteiger partial charge in [-0.1, -0.05) is 32.6 Å². The lowest BCUT2D eigenvalue weighted by atomic mass is 10.1. The van der Waals surface area contributed by atoms with E-state index in [0.29, 0.717) is 19.4 Å². The SMILES string of the molecule is CCCNC(=O)CCCCCCCCC(=O)NCC(=O)NCC. The van der Waals surface area contributed by atoms with Gasteiger partial charge in [0.15, 0.2) is 0 Å². The van der Waals surface area contributed by atoms with Crippen LogP contribution in [-0.2, 0) is 14.4 Å². The van der Waals surface area contributed by atoms with Crippen LogP contribution in [-0.4, -0.2) is 37.4 Å². The van der Waals surface area contributed by atoms with Crippen molar-refractivity contribution in [1.29, 1.82) is 0 Å². The molecule has 0 unspecified atom stereocenters. The van der Waals surface area contributed by atoms with Gasteiger partial charge in [-0.15, -0.1) is 0 Å². The number of nitrogens with one attached hydrogen (secondary N) is 3. The molecule has 23 heavy (non-hydrogen) atoms. The van der Waals surface area contributed by atoms with E-state index < -0.39 is 0 Å². The second-order valence-corrected chi connectivity index (χ2v) is 5.70. The lowest BCUT2D eigenvalue weighted by Gasteiger charge is -2.05. The summed E-state index contributed by atoms with van der Waals surface area (Å²) in [6.45, 7) is 5.29. The van der Waals surface area contributed by atoms with E-state index in [-0.39, 0.29) is 24.3 Å². The zero-order valence-corrected chi connectivity index (χ0v) is 14.7. The van der Waals surface area contributed by atoms with Crippen LogP contribution in [0.5, 0.6) is 0 Å². The highest BCUT2D eigenvalue weighted by molar-refractivity contribution is 5.84. The fraction of sp³-hybridized carbons (Fsp3) is 0.824. The van der Waals surface area contributed by atoms with Crippen molar-refractivity contribution in [3.05, 3.63) is 0 Å². The number of unbranched alkanes of at least 4 members (excludes halogenated alkanes) is 5. The molecule has 3 amide bonds. The van der Waals surface area contributed by atoms with Crippen LogP contribution in [0.4, 0.5) is 0 Å². The van der Waals surface area contributed by atoms with E-state index in [1.54, 1.807) is 0 Å². The van der Waals surface area contributed by atoms with Gasteiger partial charge >= 0.3 is 0 Å². The Morgan fingerprint density at radius 2 is 1.17 bits per heavy atom. The maximum atomic E-state index is 11.5. The van der Waals surface area contributed by atoms with Crippen LogP contribution >= 0.6 is 0 Å². The monoisotopic (exact) mass is 327 g/mol. The van der Waals surface area contributed by atoms with Crippen molar-refractivity contribution in [2.24, 2.45) is 0 Å². The molecule has 0 heterocycles. The quantitative estimate of drug-likeness (QED) is 0.426. The first-order valence-corrected chi connectivity index (χ1v) is 8.90. The highest BCUT2D eigenvalue weighted by atomic mass is 16.2. The van der Waals surface area contributed by atoms with Gasteiger partial charge in [-0.05, 0) is 26.2 Å². The van der Waals surface area contributed by atoms with E-state index >= 15 is 0 Å². The average molecular weight is 327 g/mol. The van der Waals surface area contributed by atoms with Gasteiger partial charge in [0.1, 0.15) is 0 Å². The number of rotatable bonds is 14. The lowest BCUT2D eigenvalue weighted by molar-refractivity contribution is -0.126. The van der Waals surface area contributed by atoms with Crippen LogP contribution in [0.1, 0.15) is 71.6 Å². The molecule has 0 saturated carbocycles. The number of amides is 3. The number of hydrogen-bond acceptors (Lipinski definition) is 3. The summed E-state index contributed by atoms with van der Waals surface area (Å²) >= 11 is 0. The molecule has 3 N–H and O–H groups in total. The summed E-state index contributed by atoms with van der Waals surface area (Å²) in [6, 6.07) is 0. The van der Waals surface area contributed by atoms with Crippen LogP contribution < -0.4 is 16.0 Å². The summed E-state index contributed by atoms with van der Waals surface area (Å²) in [5.41, 5.74) is 0. The van der Waals surface area contributed by atoms with E-state index in [1.807, 2.05) is 13.8 Å². The Balaban J connectivity index is 3.34. The molecule has 0 aliphatic rings. The van der Waals surface area contributed by atoms with E-state index in [9.17, 15) is 14.4 Å². The van der Waals surface area contributed by atoms with Crippen LogP contribution in [0.15, 0.2) is 0 Å². The van der Waals surface area contributed by atoms with E-state index in [0.717, 1.165) is 51.5 Å². The van der Waals surface area contributed by atoms with Gasteiger partial charge in [0, 0.05) is 25.9 Å². The third-order valence-electron chi connectivity index (χ3n) is 3.45. The second-order valence-electron chi connectivity index (χ2n) is 5.70. The maximum Gasteiger partial charge on any atom is 0.239 e. The summed E-state index contributed by atoms with van der Waals surface area (Å²) in [5.74, 6) is -0.0664. The van der Waals surface area contributed by atoms with Crippen LogP contribution in [0.2, 0.25) is 0 Å². The second kappa shape index (κ2) is 15.3. The van der Waals surface area contributed by atoms with Crippen molar-refractivity contribution in [1.82, 2.24) is 16.0 Å². The van der Waals surface area contributed by atoms with Crippen molar-refractivity contribution in [3.63, 3.8) is 0 Å². The molecule has 0 rings (SSSR count). The molecule has 6 heteroatoms. The lowest BCUT2D eigenvalue weighted by Crippen LogP contribution is -2.36. The molecule has 0 aromatic heterocycles. The Morgan fingerprint density at radius 3 is 1.70 bits per heavy atom. The molecule has 0 bridgehead atoms. The average Bonchev–Trinajstić information content (AvgIpc) is 2.53. The number of carbonyl (C=O) groups excluding carboxylic acids is 3. The summed E-state index contributed by atoms with van der Waals surface area (Å²) in [7, 11) is 0. The van der Waals surface area contributed by atoms with Crippen molar-refractivity contribution in [2.75, 3.05) is 19.6 Å². The van der Waals surface area contributed by atoms with Crippen molar-refractivity contribution < 1.29 is 14.4 Å². The number of hydrogen-bond donors (Lipinski definition) is 3. The molecule has 134 valence electrons. The summed E-state index contributed by atoms with van der Waals surface area (Å²) in [6.07, 6.45) is 8.09. The first kappa shape index (κ1) is 21.4. The van der Waals surface area contributed by atoms with Gasteiger partial charge in [-0.2, -0.15) is 0 Å². The summed E-state index contributed by atoms with van der Waals surface area (Å²) in [4.78, 5) is 34.1. The Labute approximate surface area is 140 Å². The van der Waals surface area contributed by atoms with Gasteiger partial charge in [-0.3, -0.25) is 14.4 Å². The van der Waals surface area contributed by atoms with Gasteiger partial charge in [0.25, 0.3) is 0 Å². The molecule has 0 aliphatic heterocycles. The molecular weight excluding hydrogens is 294 g/mol. The first-order valence-electron chi connectivity index (χ1n) is 8.90. The van der Waals surface area contributed by atoms with Crippen molar-refractivity contribution in [3.8, 4) is 0 Å². The minimum absolute atomic E-state index is 0.0623. The normalized spacial score (nSPS) is 10.2. The molecule has 0 aromatic rings. The van der Waals surface area contributed by atoms with Gasteiger partial charge in [0.05, 0.1) is 6.54 Å². The Morgan fingerprint density at radius 1 is 0.652 bits per heavy atom. The molecule has 0 aromatic carbocycles. The molecule has 0 spiro atoms. The predicted molar refractivity (Wildman–Crippen MR) is 91.9 cm³/mol. The van der Waals surface area contributed by atoms with Gasteiger partial charge in [0.2, 0.25) is 17.7 Å². The topological polar surface area (TPSA) is 87.3 Å². The van der Waals surface area contributed by atoms with Gasteiger partial charge < -0.3 is 16.0 Å². The predicted octanol–water partition coefficient (Wildman–Crippen LogP) is 1.89. The molecule has 6 nitrogen and oxygen atoms in total. The molecule has 0 aliphatic carbocycles. The Hall–Kier alpha value is -1.59. The Kier molecular flexibility index (Phi) is 14.3. The molecular formula is C17H33N3O3. The Bertz CT molecular complexity index is 346. The van der Waals surface area contributed by atoms with E-state index in [1.165, 1.54) is 0 Å². The minimum Gasteiger partial charge on any atom is -0.356 e. The maximum absolute atomic E-state index is 11.5. The van der Waals surface area contributed by atoms with Crippen LogP contribution in [0.3, 0.4) is 0 Å². The zero-order valence-electron chi connectivity index (χ0n) is 14.7. The van der Waals surface area contributed by atoms with E-state index in [2.05, 4.69) is 16.0 Å². The highest BCUT2D eigenvalue weighted by Gasteiger charge is 2.04. The largest absolute Gasteiger partial charge is 0.356 e. The van der Waals surface area contributed by atoms with Gasteiger partial charge in [-0.25, -0.2) is 0 Å². The number of carbonyl (C=O) groups is 3. The first-order chi connectivity index (χ1) is 11.1. The fourth-order valence-corrected chi connectivity index (χ4v) is 2.16. The molecule has 0 fully saturated rings. The fourth-order valence-electron chi connectivity index (χ4n) is 2.16.